The molecule has 1 N–H and O–H groups in total. The quantitative estimate of drug-likeness (QED) is 0.522. The van der Waals surface area contributed by atoms with Gasteiger partial charge in [0.15, 0.2) is 0 Å². The summed E-state index contributed by atoms with van der Waals surface area (Å²) in [6.07, 6.45) is 0.547. The molecule has 2 aromatic rings. The highest BCUT2D eigenvalue weighted by molar-refractivity contribution is 6.30. The first-order valence-electron chi connectivity index (χ1n) is 13.0. The van der Waals surface area contributed by atoms with Gasteiger partial charge < -0.3 is 19.7 Å². The molecule has 10 heteroatoms. The van der Waals surface area contributed by atoms with Crippen molar-refractivity contribution in [2.45, 2.75) is 32.4 Å². The molecule has 1 fully saturated rings. The van der Waals surface area contributed by atoms with Gasteiger partial charge in [-0.15, -0.1) is 0 Å². The van der Waals surface area contributed by atoms with Crippen LogP contribution in [0.5, 0.6) is 5.75 Å². The molecule has 0 radical (unpaired) electrons. The van der Waals surface area contributed by atoms with Gasteiger partial charge in [-0.2, -0.15) is 5.10 Å². The average molecular weight is 542 g/mol. The van der Waals surface area contributed by atoms with E-state index in [1.165, 1.54) is 5.01 Å². The van der Waals surface area contributed by atoms with E-state index in [1.807, 2.05) is 62.4 Å². The molecule has 0 aromatic heterocycles. The third-order valence-corrected chi connectivity index (χ3v) is 6.91. The van der Waals surface area contributed by atoms with Crippen LogP contribution < -0.4 is 10.1 Å². The molecule has 2 aliphatic heterocycles. The SMILES string of the molecule is COc1ccc(C2=NN(C(=O)CN(CCN3CCOCC3)C(=O)NC(C)C)[C@H](c3ccc(Cl)cc3)C2)cc1. The molecule has 2 aliphatic rings. The van der Waals surface area contributed by atoms with Crippen molar-refractivity contribution in [2.75, 3.05) is 53.0 Å². The standard InChI is InChI=1S/C28H36ClN5O4/c1-20(2)30-28(36)33(13-12-32-14-16-38-17-15-32)19-27(35)34-26(22-4-8-23(29)9-5-22)18-25(31-34)21-6-10-24(37-3)11-7-21/h4-11,20,26H,12-19H2,1-3H3,(H,30,36)/t26-/m0/s1. The number of methoxy groups -OCH3 is 1. The molecule has 3 amide bonds. The first kappa shape index (κ1) is 27.9. The van der Waals surface area contributed by atoms with E-state index >= 15 is 0 Å². The Bertz CT molecular complexity index is 1120. The van der Waals surface area contributed by atoms with E-state index in [4.69, 9.17) is 26.2 Å². The molecule has 38 heavy (non-hydrogen) atoms. The maximum atomic E-state index is 13.7. The molecule has 9 nitrogen and oxygen atoms in total. The lowest BCUT2D eigenvalue weighted by atomic mass is 9.98. The van der Waals surface area contributed by atoms with Crippen LogP contribution in [0.15, 0.2) is 53.6 Å². The van der Waals surface area contributed by atoms with Gasteiger partial charge in [0.2, 0.25) is 0 Å². The van der Waals surface area contributed by atoms with Crippen LogP contribution in [0.1, 0.15) is 37.4 Å². The second-order valence-electron chi connectivity index (χ2n) is 9.76. The summed E-state index contributed by atoms with van der Waals surface area (Å²) in [7, 11) is 1.62. The number of hydrogen-bond donors (Lipinski definition) is 1. The van der Waals surface area contributed by atoms with Gasteiger partial charge in [0.05, 0.1) is 32.1 Å². The summed E-state index contributed by atoms with van der Waals surface area (Å²) >= 11 is 6.13. The lowest BCUT2D eigenvalue weighted by Gasteiger charge is -2.31. The highest BCUT2D eigenvalue weighted by Gasteiger charge is 2.34. The number of halogens is 1. The van der Waals surface area contributed by atoms with E-state index < -0.39 is 0 Å². The summed E-state index contributed by atoms with van der Waals surface area (Å²) in [4.78, 5) is 30.6. The first-order chi connectivity index (χ1) is 18.3. The smallest absolute Gasteiger partial charge is 0.318 e. The Balaban J connectivity index is 1.55. The Kier molecular flexibility index (Phi) is 9.60. The molecular formula is C28H36ClN5O4. The molecule has 204 valence electrons. The van der Waals surface area contributed by atoms with Crippen molar-refractivity contribution in [3.05, 3.63) is 64.7 Å². The van der Waals surface area contributed by atoms with Gasteiger partial charge >= 0.3 is 6.03 Å². The monoisotopic (exact) mass is 541 g/mol. The number of benzene rings is 2. The third-order valence-electron chi connectivity index (χ3n) is 6.66. The number of nitrogens with one attached hydrogen (secondary N) is 1. The van der Waals surface area contributed by atoms with Crippen LogP contribution in [0, 0.1) is 0 Å². The first-order valence-corrected chi connectivity index (χ1v) is 13.4. The predicted molar refractivity (Wildman–Crippen MR) is 148 cm³/mol. The maximum Gasteiger partial charge on any atom is 0.318 e. The lowest BCUT2D eigenvalue weighted by molar-refractivity contribution is -0.133. The zero-order valence-electron chi connectivity index (χ0n) is 22.2. The molecule has 2 aromatic carbocycles. The Hall–Kier alpha value is -3.14. The number of rotatable bonds is 9. The number of hydrogen-bond acceptors (Lipinski definition) is 6. The topological polar surface area (TPSA) is 86.7 Å². The van der Waals surface area contributed by atoms with Crippen LogP contribution in [-0.4, -0.2) is 91.5 Å². The zero-order chi connectivity index (χ0) is 27.1. The second kappa shape index (κ2) is 13.1. The predicted octanol–water partition coefficient (Wildman–Crippen LogP) is 3.78. The Morgan fingerprint density at radius 3 is 2.45 bits per heavy atom. The number of amides is 3. The summed E-state index contributed by atoms with van der Waals surface area (Å²) < 4.78 is 10.7. The minimum Gasteiger partial charge on any atom is -0.497 e. The highest BCUT2D eigenvalue weighted by atomic mass is 35.5. The molecule has 0 bridgehead atoms. The second-order valence-corrected chi connectivity index (χ2v) is 10.2. The van der Waals surface area contributed by atoms with E-state index in [0.717, 1.165) is 35.7 Å². The number of urea groups is 1. The molecule has 4 rings (SSSR count). The van der Waals surface area contributed by atoms with Gasteiger partial charge in [-0.25, -0.2) is 9.80 Å². The van der Waals surface area contributed by atoms with Crippen molar-refractivity contribution in [1.29, 1.82) is 0 Å². The van der Waals surface area contributed by atoms with Crippen LogP contribution in [0.25, 0.3) is 0 Å². The van der Waals surface area contributed by atoms with Crippen LogP contribution in [-0.2, 0) is 9.53 Å². The van der Waals surface area contributed by atoms with Gasteiger partial charge in [0.25, 0.3) is 5.91 Å². The van der Waals surface area contributed by atoms with Crippen LogP contribution in [0.2, 0.25) is 5.02 Å². The molecule has 2 heterocycles. The summed E-state index contributed by atoms with van der Waals surface area (Å²) in [5, 5.41) is 9.84. The van der Waals surface area contributed by atoms with E-state index in [2.05, 4.69) is 10.2 Å². The zero-order valence-corrected chi connectivity index (χ0v) is 23.0. The van der Waals surface area contributed by atoms with Crippen LogP contribution in [0.4, 0.5) is 4.79 Å². The third kappa shape index (κ3) is 7.24. The van der Waals surface area contributed by atoms with E-state index in [-0.39, 0.29) is 30.6 Å². The van der Waals surface area contributed by atoms with E-state index in [9.17, 15) is 9.59 Å². The van der Waals surface area contributed by atoms with Gasteiger partial charge in [0, 0.05) is 43.7 Å². The lowest BCUT2D eigenvalue weighted by Crippen LogP contribution is -2.50. The average Bonchev–Trinajstić information content (AvgIpc) is 3.37. The molecular weight excluding hydrogens is 506 g/mol. The largest absolute Gasteiger partial charge is 0.497 e. The summed E-state index contributed by atoms with van der Waals surface area (Å²) in [6, 6.07) is 14.5. The Morgan fingerprint density at radius 2 is 1.82 bits per heavy atom. The van der Waals surface area contributed by atoms with Crippen molar-refractivity contribution in [2.24, 2.45) is 5.10 Å². The number of carbonyl (C=O) groups is 2. The molecule has 0 spiro atoms. The molecule has 1 atom stereocenters. The summed E-state index contributed by atoms with van der Waals surface area (Å²) in [5.41, 5.74) is 2.65. The molecule has 0 aliphatic carbocycles. The van der Waals surface area contributed by atoms with Gasteiger partial charge in [-0.05, 0) is 61.4 Å². The molecule has 1 saturated heterocycles. The highest BCUT2D eigenvalue weighted by Crippen LogP contribution is 2.34. The van der Waals surface area contributed by atoms with E-state index in [0.29, 0.717) is 37.7 Å². The number of carbonyl (C=O) groups excluding carboxylic acids is 2. The normalized spacial score (nSPS) is 17.9. The van der Waals surface area contributed by atoms with Crippen molar-refractivity contribution >= 4 is 29.3 Å². The Labute approximate surface area is 229 Å². The number of morpholine rings is 1. The molecule has 0 saturated carbocycles. The minimum absolute atomic E-state index is 0.0446. The maximum absolute atomic E-state index is 13.7. The number of hydrazone groups is 1. The van der Waals surface area contributed by atoms with Crippen molar-refractivity contribution in [1.82, 2.24) is 20.1 Å². The Morgan fingerprint density at radius 1 is 1.13 bits per heavy atom. The van der Waals surface area contributed by atoms with Gasteiger partial charge in [-0.3, -0.25) is 9.69 Å². The van der Waals surface area contributed by atoms with Crippen molar-refractivity contribution < 1.29 is 19.1 Å². The van der Waals surface area contributed by atoms with Gasteiger partial charge in [-0.1, -0.05) is 23.7 Å². The summed E-state index contributed by atoms with van der Waals surface area (Å²) in [6.45, 7) is 7.81. The van der Waals surface area contributed by atoms with Crippen LogP contribution in [0.3, 0.4) is 0 Å². The van der Waals surface area contributed by atoms with Crippen LogP contribution >= 0.6 is 11.6 Å². The van der Waals surface area contributed by atoms with Gasteiger partial charge in [0.1, 0.15) is 12.3 Å². The summed E-state index contributed by atoms with van der Waals surface area (Å²) in [5.74, 6) is 0.510. The fraction of sp³-hybridized carbons (Fsp3) is 0.464. The molecule has 0 unspecified atom stereocenters. The minimum atomic E-state index is -0.300. The van der Waals surface area contributed by atoms with Crippen molar-refractivity contribution in [3.63, 3.8) is 0 Å². The van der Waals surface area contributed by atoms with Crippen molar-refractivity contribution in [3.8, 4) is 5.75 Å². The van der Waals surface area contributed by atoms with E-state index in [1.54, 1.807) is 12.0 Å². The fourth-order valence-corrected chi connectivity index (χ4v) is 4.68. The number of nitrogens with zero attached hydrogens (tertiary/aromatic N) is 4. The fourth-order valence-electron chi connectivity index (χ4n) is 4.56. The number of ether oxygens (including phenoxy) is 2.